The summed E-state index contributed by atoms with van der Waals surface area (Å²) in [6, 6.07) is 15.9. The van der Waals surface area contributed by atoms with Crippen molar-refractivity contribution in [2.75, 3.05) is 12.4 Å². The zero-order valence-corrected chi connectivity index (χ0v) is 17.2. The Kier molecular flexibility index (Phi) is 5.00. The predicted molar refractivity (Wildman–Crippen MR) is 119 cm³/mol. The van der Waals surface area contributed by atoms with Crippen LogP contribution in [0.1, 0.15) is 28.8 Å². The second-order valence-electron chi connectivity index (χ2n) is 7.64. The van der Waals surface area contributed by atoms with E-state index in [4.69, 9.17) is 4.74 Å². The Labute approximate surface area is 180 Å². The maximum atomic E-state index is 12.2. The molecule has 0 spiro atoms. The maximum Gasteiger partial charge on any atom is 0.251 e. The van der Waals surface area contributed by atoms with Gasteiger partial charge in [-0.3, -0.25) is 9.20 Å². The molecule has 0 radical (unpaired) electrons. The largest absolute Gasteiger partial charge is 0.497 e. The van der Waals surface area contributed by atoms with Crippen LogP contribution in [0.4, 0.5) is 5.82 Å². The monoisotopic (exact) mass is 413 g/mol. The quantitative estimate of drug-likeness (QED) is 0.480. The summed E-state index contributed by atoms with van der Waals surface area (Å²) in [5, 5.41) is 6.38. The van der Waals surface area contributed by atoms with Crippen LogP contribution in [0.2, 0.25) is 0 Å². The van der Waals surface area contributed by atoms with Crippen molar-refractivity contribution in [1.29, 1.82) is 0 Å². The predicted octanol–water partition coefficient (Wildman–Crippen LogP) is 3.91. The average molecular weight is 413 g/mol. The first-order chi connectivity index (χ1) is 15.2. The first-order valence-corrected chi connectivity index (χ1v) is 10.3. The lowest BCUT2D eigenvalue weighted by atomic mass is 10.1. The smallest absolute Gasteiger partial charge is 0.251 e. The SMILES string of the molecule is COc1ccc(CNc2nccn3c(-c4ccc(C(=O)NC5CC5)cc4)cnc23)cc1. The molecule has 0 unspecified atom stereocenters. The molecule has 1 fully saturated rings. The van der Waals surface area contributed by atoms with Gasteiger partial charge < -0.3 is 15.4 Å². The number of ether oxygens (including phenoxy) is 1. The minimum atomic E-state index is -0.0126. The summed E-state index contributed by atoms with van der Waals surface area (Å²) in [7, 11) is 1.66. The van der Waals surface area contributed by atoms with Gasteiger partial charge in [-0.1, -0.05) is 24.3 Å². The van der Waals surface area contributed by atoms with Crippen LogP contribution in [0.25, 0.3) is 16.9 Å². The Morgan fingerprint density at radius 1 is 1.10 bits per heavy atom. The molecular formula is C24H23N5O2. The molecule has 0 atom stereocenters. The molecule has 1 aliphatic carbocycles. The minimum absolute atomic E-state index is 0.0126. The summed E-state index contributed by atoms with van der Waals surface area (Å²) in [6.07, 6.45) is 7.63. The molecule has 2 N–H and O–H groups in total. The Bertz CT molecular complexity index is 1210. The highest BCUT2D eigenvalue weighted by Crippen LogP contribution is 2.25. The fraction of sp³-hybridized carbons (Fsp3) is 0.208. The van der Waals surface area contributed by atoms with Crippen molar-refractivity contribution in [2.24, 2.45) is 0 Å². The lowest BCUT2D eigenvalue weighted by Crippen LogP contribution is -2.25. The van der Waals surface area contributed by atoms with Gasteiger partial charge in [0.25, 0.3) is 5.91 Å². The van der Waals surface area contributed by atoms with Crippen molar-refractivity contribution in [3.63, 3.8) is 0 Å². The van der Waals surface area contributed by atoms with Gasteiger partial charge in [0.05, 0.1) is 19.0 Å². The number of benzene rings is 2. The highest BCUT2D eigenvalue weighted by Gasteiger charge is 2.23. The van der Waals surface area contributed by atoms with Gasteiger partial charge in [-0.25, -0.2) is 9.97 Å². The zero-order chi connectivity index (χ0) is 21.2. The summed E-state index contributed by atoms with van der Waals surface area (Å²) >= 11 is 0. The van der Waals surface area contributed by atoms with Crippen molar-refractivity contribution in [3.8, 4) is 17.0 Å². The number of rotatable bonds is 7. The Morgan fingerprint density at radius 3 is 2.58 bits per heavy atom. The molecular weight excluding hydrogens is 390 g/mol. The summed E-state index contributed by atoms with van der Waals surface area (Å²) in [5.41, 5.74) is 4.48. The molecule has 7 nitrogen and oxygen atoms in total. The Hall–Kier alpha value is -3.87. The normalized spacial score (nSPS) is 13.2. The molecule has 5 rings (SSSR count). The molecule has 0 saturated heterocycles. The second kappa shape index (κ2) is 8.10. The lowest BCUT2D eigenvalue weighted by Gasteiger charge is -2.09. The van der Waals surface area contributed by atoms with Crippen LogP contribution in [0.5, 0.6) is 5.75 Å². The second-order valence-corrected chi connectivity index (χ2v) is 7.64. The van der Waals surface area contributed by atoms with E-state index < -0.39 is 0 Å². The van der Waals surface area contributed by atoms with E-state index in [2.05, 4.69) is 20.6 Å². The van der Waals surface area contributed by atoms with Crippen LogP contribution in [0.15, 0.2) is 67.1 Å². The van der Waals surface area contributed by atoms with Crippen LogP contribution >= 0.6 is 0 Å². The molecule has 0 aliphatic heterocycles. The van der Waals surface area contributed by atoms with Gasteiger partial charge in [-0.2, -0.15) is 0 Å². The van der Waals surface area contributed by atoms with E-state index in [1.807, 2.05) is 65.3 Å². The number of carbonyl (C=O) groups is 1. The molecule has 7 heteroatoms. The van der Waals surface area contributed by atoms with E-state index in [1.165, 1.54) is 0 Å². The van der Waals surface area contributed by atoms with Crippen LogP contribution in [0.3, 0.4) is 0 Å². The maximum absolute atomic E-state index is 12.2. The van der Waals surface area contributed by atoms with E-state index in [0.29, 0.717) is 24.0 Å². The van der Waals surface area contributed by atoms with E-state index in [1.54, 1.807) is 13.3 Å². The van der Waals surface area contributed by atoms with Gasteiger partial charge >= 0.3 is 0 Å². The fourth-order valence-corrected chi connectivity index (χ4v) is 3.48. The molecule has 1 aliphatic rings. The number of hydrogen-bond donors (Lipinski definition) is 2. The topological polar surface area (TPSA) is 80.5 Å². The summed E-state index contributed by atoms with van der Waals surface area (Å²) in [6.45, 7) is 0.629. The number of imidazole rings is 1. The Morgan fingerprint density at radius 2 is 1.87 bits per heavy atom. The molecule has 31 heavy (non-hydrogen) atoms. The van der Waals surface area contributed by atoms with E-state index in [9.17, 15) is 4.79 Å². The number of aromatic nitrogens is 3. The molecule has 2 heterocycles. The van der Waals surface area contributed by atoms with Crippen LogP contribution in [-0.4, -0.2) is 33.4 Å². The van der Waals surface area contributed by atoms with E-state index in [-0.39, 0.29) is 5.91 Å². The van der Waals surface area contributed by atoms with E-state index >= 15 is 0 Å². The number of fused-ring (bicyclic) bond motifs is 1. The molecule has 1 amide bonds. The highest BCUT2D eigenvalue weighted by atomic mass is 16.5. The fourth-order valence-electron chi connectivity index (χ4n) is 3.48. The molecule has 2 aromatic carbocycles. The number of nitrogens with zero attached hydrogens (tertiary/aromatic N) is 3. The van der Waals surface area contributed by atoms with Gasteiger partial charge in [-0.05, 0) is 42.7 Å². The summed E-state index contributed by atoms with van der Waals surface area (Å²) in [4.78, 5) is 21.3. The molecule has 1 saturated carbocycles. The van der Waals surface area contributed by atoms with Crippen molar-refractivity contribution in [2.45, 2.75) is 25.4 Å². The molecule has 2 aromatic heterocycles. The number of carbonyl (C=O) groups excluding carboxylic acids is 1. The number of amides is 1. The Balaban J connectivity index is 1.35. The molecule has 0 bridgehead atoms. The minimum Gasteiger partial charge on any atom is -0.497 e. The highest BCUT2D eigenvalue weighted by molar-refractivity contribution is 5.95. The number of nitrogens with one attached hydrogen (secondary N) is 2. The number of hydrogen-bond acceptors (Lipinski definition) is 5. The first-order valence-electron chi connectivity index (χ1n) is 10.3. The first kappa shape index (κ1) is 19.1. The molecule has 4 aromatic rings. The van der Waals surface area contributed by atoms with Gasteiger partial charge in [-0.15, -0.1) is 0 Å². The third-order valence-electron chi connectivity index (χ3n) is 5.40. The van der Waals surface area contributed by atoms with Gasteiger partial charge in [0, 0.05) is 36.1 Å². The van der Waals surface area contributed by atoms with Gasteiger partial charge in [0.1, 0.15) is 5.75 Å². The third kappa shape index (κ3) is 4.07. The number of methoxy groups -OCH3 is 1. The lowest BCUT2D eigenvalue weighted by molar-refractivity contribution is 0.0951. The number of anilines is 1. The van der Waals surface area contributed by atoms with Crippen molar-refractivity contribution in [1.82, 2.24) is 19.7 Å². The average Bonchev–Trinajstić information content (AvgIpc) is 3.52. The van der Waals surface area contributed by atoms with Crippen LogP contribution in [0, 0.1) is 0 Å². The van der Waals surface area contributed by atoms with Crippen LogP contribution in [-0.2, 0) is 6.54 Å². The standard InChI is InChI=1S/C24H23N5O2/c1-31-20-10-2-16(3-11-20)14-26-22-23-27-15-21(29(23)13-12-25-22)17-4-6-18(7-5-17)24(30)28-19-8-9-19/h2-7,10-13,15,19H,8-9,14H2,1H3,(H,25,26)(H,28,30). The summed E-state index contributed by atoms with van der Waals surface area (Å²) in [5.74, 6) is 1.53. The van der Waals surface area contributed by atoms with Gasteiger partial charge in [0.2, 0.25) is 0 Å². The van der Waals surface area contributed by atoms with Gasteiger partial charge in [0.15, 0.2) is 11.5 Å². The van der Waals surface area contributed by atoms with E-state index in [0.717, 1.165) is 41.1 Å². The van der Waals surface area contributed by atoms with Crippen molar-refractivity contribution >= 4 is 17.4 Å². The van der Waals surface area contributed by atoms with Crippen molar-refractivity contribution in [3.05, 3.63) is 78.2 Å². The van der Waals surface area contributed by atoms with Crippen LogP contribution < -0.4 is 15.4 Å². The zero-order valence-electron chi connectivity index (χ0n) is 17.2. The molecule has 156 valence electrons. The van der Waals surface area contributed by atoms with Crippen molar-refractivity contribution < 1.29 is 9.53 Å². The summed E-state index contributed by atoms with van der Waals surface area (Å²) < 4.78 is 7.21. The third-order valence-corrected chi connectivity index (χ3v) is 5.40.